The van der Waals surface area contributed by atoms with Crippen molar-refractivity contribution in [1.82, 2.24) is 0 Å². The van der Waals surface area contributed by atoms with Crippen molar-refractivity contribution >= 4 is 17.3 Å². The number of nitrogens with two attached hydrogens (primary N) is 1. The molecule has 120 valence electrons. The van der Waals surface area contributed by atoms with E-state index in [-0.39, 0.29) is 18.5 Å². The Morgan fingerprint density at radius 3 is 2.74 bits per heavy atom. The molecular weight excluding hydrogens is 290 g/mol. The molecule has 3 N–H and O–H groups in total. The molecule has 0 bridgehead atoms. The lowest BCUT2D eigenvalue weighted by atomic mass is 9.98. The van der Waals surface area contributed by atoms with Gasteiger partial charge in [0.2, 0.25) is 5.91 Å². The van der Waals surface area contributed by atoms with Gasteiger partial charge >= 0.3 is 0 Å². The fourth-order valence-electron chi connectivity index (χ4n) is 2.92. The van der Waals surface area contributed by atoms with Crippen LogP contribution in [-0.4, -0.2) is 32.1 Å². The van der Waals surface area contributed by atoms with Crippen molar-refractivity contribution in [2.45, 2.75) is 12.5 Å². The number of benzene rings is 2. The van der Waals surface area contributed by atoms with E-state index in [9.17, 15) is 4.79 Å². The summed E-state index contributed by atoms with van der Waals surface area (Å²) in [5.41, 5.74) is 9.16. The van der Waals surface area contributed by atoms with Gasteiger partial charge in [0.05, 0.1) is 13.7 Å². The molecule has 3 rings (SSSR count). The fraction of sp³-hybridized carbons (Fsp3) is 0.278. The zero-order chi connectivity index (χ0) is 16.2. The first-order valence-corrected chi connectivity index (χ1v) is 7.68. The number of anilines is 2. The highest BCUT2D eigenvalue weighted by Crippen LogP contribution is 2.26. The Labute approximate surface area is 136 Å². The summed E-state index contributed by atoms with van der Waals surface area (Å²) in [6.45, 7) is 0.976. The van der Waals surface area contributed by atoms with Crippen LogP contribution in [0, 0.1) is 0 Å². The third kappa shape index (κ3) is 3.63. The average molecular weight is 311 g/mol. The van der Waals surface area contributed by atoms with E-state index in [0.29, 0.717) is 6.54 Å². The Kier molecular flexibility index (Phi) is 4.48. The van der Waals surface area contributed by atoms with Gasteiger partial charge in [-0.1, -0.05) is 18.2 Å². The molecule has 1 heterocycles. The van der Waals surface area contributed by atoms with E-state index >= 15 is 0 Å². The Balaban J connectivity index is 1.67. The number of amides is 1. The molecule has 0 radical (unpaired) electrons. The topological polar surface area (TPSA) is 67.6 Å². The smallest absolute Gasteiger partial charge is 0.243 e. The molecule has 0 saturated heterocycles. The molecule has 2 aromatic carbocycles. The van der Waals surface area contributed by atoms with E-state index < -0.39 is 0 Å². The zero-order valence-electron chi connectivity index (χ0n) is 13.2. The predicted molar refractivity (Wildman–Crippen MR) is 92.0 cm³/mol. The van der Waals surface area contributed by atoms with E-state index in [0.717, 1.165) is 23.5 Å². The van der Waals surface area contributed by atoms with Crippen LogP contribution in [0.4, 0.5) is 11.4 Å². The van der Waals surface area contributed by atoms with Gasteiger partial charge in [0.1, 0.15) is 5.75 Å². The second-order valence-electron chi connectivity index (χ2n) is 5.75. The summed E-state index contributed by atoms with van der Waals surface area (Å²) in [5.74, 6) is 0.706. The molecule has 1 aliphatic heterocycles. The first kappa shape index (κ1) is 15.4. The van der Waals surface area contributed by atoms with E-state index in [1.54, 1.807) is 7.11 Å². The number of ether oxygens (including phenoxy) is 1. The number of carbonyl (C=O) groups excluding carboxylic acids is 1. The third-order valence-corrected chi connectivity index (χ3v) is 3.98. The zero-order valence-corrected chi connectivity index (χ0v) is 13.2. The van der Waals surface area contributed by atoms with E-state index in [1.807, 2.05) is 47.4 Å². The van der Waals surface area contributed by atoms with Gasteiger partial charge < -0.3 is 20.7 Å². The maximum absolute atomic E-state index is 12.3. The molecule has 5 nitrogen and oxygen atoms in total. The van der Waals surface area contributed by atoms with Crippen molar-refractivity contribution in [2.24, 2.45) is 5.73 Å². The van der Waals surface area contributed by atoms with Gasteiger partial charge in [-0.05, 0) is 42.3 Å². The second kappa shape index (κ2) is 6.71. The van der Waals surface area contributed by atoms with Crippen molar-refractivity contribution in [3.63, 3.8) is 0 Å². The van der Waals surface area contributed by atoms with Gasteiger partial charge in [-0.25, -0.2) is 0 Å². The lowest BCUT2D eigenvalue weighted by molar-refractivity contribution is -0.115. The minimum absolute atomic E-state index is 0.0543. The Hall–Kier alpha value is -2.53. The molecule has 0 aromatic heterocycles. The minimum Gasteiger partial charge on any atom is -0.497 e. The van der Waals surface area contributed by atoms with Gasteiger partial charge in [0, 0.05) is 24.0 Å². The van der Waals surface area contributed by atoms with Crippen LogP contribution in [0.15, 0.2) is 48.5 Å². The summed E-state index contributed by atoms with van der Waals surface area (Å²) in [6, 6.07) is 15.5. The number of carbonyl (C=O) groups is 1. The van der Waals surface area contributed by atoms with E-state index in [4.69, 9.17) is 10.5 Å². The first-order chi connectivity index (χ1) is 11.2. The Morgan fingerprint density at radius 2 is 2.00 bits per heavy atom. The van der Waals surface area contributed by atoms with Crippen molar-refractivity contribution in [1.29, 1.82) is 0 Å². The van der Waals surface area contributed by atoms with Crippen LogP contribution in [0.3, 0.4) is 0 Å². The summed E-state index contributed by atoms with van der Waals surface area (Å²) in [5, 5.41) is 2.91. The van der Waals surface area contributed by atoms with E-state index in [1.165, 1.54) is 5.56 Å². The van der Waals surface area contributed by atoms with Crippen LogP contribution >= 0.6 is 0 Å². The fourth-order valence-corrected chi connectivity index (χ4v) is 2.92. The molecule has 1 aliphatic rings. The molecule has 0 saturated carbocycles. The SMILES string of the molecule is COc1ccc(NC(=O)CN2CC(N)Cc3ccccc32)cc1. The summed E-state index contributed by atoms with van der Waals surface area (Å²) >= 11 is 0. The molecule has 1 atom stereocenters. The minimum atomic E-state index is -0.0564. The van der Waals surface area contributed by atoms with Gasteiger partial charge in [-0.3, -0.25) is 4.79 Å². The largest absolute Gasteiger partial charge is 0.497 e. The van der Waals surface area contributed by atoms with Crippen molar-refractivity contribution < 1.29 is 9.53 Å². The number of nitrogens with one attached hydrogen (secondary N) is 1. The van der Waals surface area contributed by atoms with Gasteiger partial charge in [0.15, 0.2) is 0 Å². The van der Waals surface area contributed by atoms with Crippen LogP contribution in [-0.2, 0) is 11.2 Å². The lowest BCUT2D eigenvalue weighted by Gasteiger charge is -2.34. The first-order valence-electron chi connectivity index (χ1n) is 7.68. The van der Waals surface area contributed by atoms with Crippen LogP contribution < -0.4 is 20.7 Å². The summed E-state index contributed by atoms with van der Waals surface area (Å²) in [6.07, 6.45) is 0.854. The van der Waals surface area contributed by atoms with E-state index in [2.05, 4.69) is 11.4 Å². The molecule has 2 aromatic rings. The summed E-state index contributed by atoms with van der Waals surface area (Å²) < 4.78 is 5.11. The highest BCUT2D eigenvalue weighted by Gasteiger charge is 2.23. The van der Waals surface area contributed by atoms with Gasteiger partial charge in [-0.15, -0.1) is 0 Å². The molecule has 23 heavy (non-hydrogen) atoms. The van der Waals surface area contributed by atoms with Gasteiger partial charge in [0.25, 0.3) is 0 Å². The third-order valence-electron chi connectivity index (χ3n) is 3.98. The van der Waals surface area contributed by atoms with Crippen molar-refractivity contribution in [2.75, 3.05) is 30.4 Å². The standard InChI is InChI=1S/C18H21N3O2/c1-23-16-8-6-15(7-9-16)20-18(22)12-21-11-14(19)10-13-4-2-3-5-17(13)21/h2-9,14H,10-12,19H2,1H3,(H,20,22). The number of fused-ring (bicyclic) bond motifs is 1. The molecule has 0 aliphatic carbocycles. The Bertz CT molecular complexity index is 685. The van der Waals surface area contributed by atoms with Crippen molar-refractivity contribution in [3.8, 4) is 5.75 Å². The summed E-state index contributed by atoms with van der Waals surface area (Å²) in [7, 11) is 1.62. The number of rotatable bonds is 4. The maximum atomic E-state index is 12.3. The molecule has 5 heteroatoms. The maximum Gasteiger partial charge on any atom is 0.243 e. The van der Waals surface area contributed by atoms with Crippen LogP contribution in [0.5, 0.6) is 5.75 Å². The number of para-hydroxylation sites is 1. The highest BCUT2D eigenvalue weighted by molar-refractivity contribution is 5.94. The molecule has 0 spiro atoms. The molecular formula is C18H21N3O2. The molecule has 1 amide bonds. The number of hydrogen-bond donors (Lipinski definition) is 2. The van der Waals surface area contributed by atoms with Crippen molar-refractivity contribution in [3.05, 3.63) is 54.1 Å². The van der Waals surface area contributed by atoms with Crippen LogP contribution in [0.25, 0.3) is 0 Å². The lowest BCUT2D eigenvalue weighted by Crippen LogP contribution is -2.46. The number of hydrogen-bond acceptors (Lipinski definition) is 4. The highest BCUT2D eigenvalue weighted by atomic mass is 16.5. The normalized spacial score (nSPS) is 16.6. The van der Waals surface area contributed by atoms with Crippen LogP contribution in [0.1, 0.15) is 5.56 Å². The number of nitrogens with zero attached hydrogens (tertiary/aromatic N) is 1. The average Bonchev–Trinajstić information content (AvgIpc) is 2.55. The monoisotopic (exact) mass is 311 g/mol. The van der Waals surface area contributed by atoms with Crippen LogP contribution in [0.2, 0.25) is 0 Å². The molecule has 0 fully saturated rings. The Morgan fingerprint density at radius 1 is 1.26 bits per heavy atom. The quantitative estimate of drug-likeness (QED) is 0.906. The summed E-state index contributed by atoms with van der Waals surface area (Å²) in [4.78, 5) is 14.4. The molecule has 1 unspecified atom stereocenters. The number of methoxy groups -OCH3 is 1. The predicted octanol–water partition coefficient (Wildman–Crippen LogP) is 2.02. The second-order valence-corrected chi connectivity index (χ2v) is 5.75. The van der Waals surface area contributed by atoms with Gasteiger partial charge in [-0.2, -0.15) is 0 Å².